The van der Waals surface area contributed by atoms with E-state index in [4.69, 9.17) is 47.4 Å². The van der Waals surface area contributed by atoms with Crippen LogP contribution in [-0.2, 0) is 57.0 Å². The number of aliphatic hydroxyl groups is 9. The molecule has 9 unspecified atom stereocenters. The quantitative estimate of drug-likeness (QED) is 0.0722. The third kappa shape index (κ3) is 10.5. The Labute approximate surface area is 433 Å². The molecule has 8 aliphatic rings. The summed E-state index contributed by atoms with van der Waals surface area (Å²) in [6, 6.07) is 0. The Morgan fingerprint density at radius 3 is 2.27 bits per heavy atom. The van der Waals surface area contributed by atoms with Crippen molar-refractivity contribution in [1.29, 1.82) is 0 Å². The molecule has 8 rings (SSSR count). The van der Waals surface area contributed by atoms with Gasteiger partial charge in [-0.2, -0.15) is 0 Å². The summed E-state index contributed by atoms with van der Waals surface area (Å²) in [5, 5.41) is 95.3. The fourth-order valence-corrected chi connectivity index (χ4v) is 14.6. The van der Waals surface area contributed by atoms with E-state index in [1.165, 1.54) is 6.92 Å². The maximum Gasteiger partial charge on any atom is 0.337 e. The number of methoxy groups -OCH3 is 1. The minimum Gasteiger partial charge on any atom is -0.453 e. The molecule has 0 aromatic heterocycles. The van der Waals surface area contributed by atoms with Gasteiger partial charge in [0, 0.05) is 38.2 Å². The summed E-state index contributed by atoms with van der Waals surface area (Å²) in [6.07, 6.45) is -15.3. The van der Waals surface area contributed by atoms with Gasteiger partial charge in [-0.15, -0.1) is 0 Å². The molecule has 21 nitrogen and oxygen atoms in total. The second-order valence-corrected chi connectivity index (χ2v) is 23.2. The molecule has 7 fully saturated rings. The summed E-state index contributed by atoms with van der Waals surface area (Å²) in [7, 11) is 1.67. The number of ether oxygens (including phenoxy) is 10. The molecule has 0 spiro atoms. The van der Waals surface area contributed by atoms with Crippen LogP contribution in [0.15, 0.2) is 23.8 Å². The SMILES string of the molecule is C=C(CCC1(OC)OC2CC3C4CC=C5C[C@@H](O)C[C@@H](O[C@@H]6CO[C@H](OC(=O)[C@@H](O)[C@@H](C)CC)[C@H](OC(C)=O)C6O[C@@H]6O[C@@H](C)[C@H](O)[C@@H](O)[C@H]6O)[C@]5(C)C4CC[C@]3(C)C2C1C)COC1O[C@H](CO)[C@@H](O)[C@H](O)[C@H]1O. The number of rotatable bonds is 17. The molecule has 21 heteroatoms. The maximum absolute atomic E-state index is 13.3. The van der Waals surface area contributed by atoms with Crippen molar-refractivity contribution in [3.05, 3.63) is 23.8 Å². The molecular formula is C53H84O21. The Hall–Kier alpha value is -2.26. The lowest BCUT2D eigenvalue weighted by molar-refractivity contribution is -0.351. The Morgan fingerprint density at radius 1 is 0.892 bits per heavy atom. The van der Waals surface area contributed by atoms with Gasteiger partial charge in [0.2, 0.25) is 6.29 Å². The van der Waals surface area contributed by atoms with E-state index in [0.29, 0.717) is 31.3 Å². The highest BCUT2D eigenvalue weighted by Gasteiger charge is 2.69. The Bertz CT molecular complexity index is 2010. The highest BCUT2D eigenvalue weighted by Crippen LogP contribution is 2.70. The Morgan fingerprint density at radius 2 is 1.59 bits per heavy atom. The Balaban J connectivity index is 0.999. The fourth-order valence-electron chi connectivity index (χ4n) is 14.6. The number of allylic oxidation sites excluding steroid dienone is 1. The summed E-state index contributed by atoms with van der Waals surface area (Å²) < 4.78 is 61.8. The smallest absolute Gasteiger partial charge is 0.337 e. The van der Waals surface area contributed by atoms with Crippen LogP contribution >= 0.6 is 0 Å². The molecule has 3 saturated carbocycles. The molecule has 74 heavy (non-hydrogen) atoms. The van der Waals surface area contributed by atoms with Crippen molar-refractivity contribution < 1.29 is 103 Å². The number of esters is 2. The van der Waals surface area contributed by atoms with Crippen LogP contribution in [0.4, 0.5) is 0 Å². The predicted molar refractivity (Wildman–Crippen MR) is 257 cm³/mol. The van der Waals surface area contributed by atoms with Crippen LogP contribution in [0.25, 0.3) is 0 Å². The second-order valence-electron chi connectivity index (χ2n) is 23.2. The number of fused-ring (bicyclic) bond motifs is 7. The molecule has 0 aromatic carbocycles. The van der Waals surface area contributed by atoms with Gasteiger partial charge < -0.3 is 93.3 Å². The predicted octanol–water partition coefficient (Wildman–Crippen LogP) is 0.881. The largest absolute Gasteiger partial charge is 0.453 e. The summed E-state index contributed by atoms with van der Waals surface area (Å²) in [5.41, 5.74) is 1.02. The Kier molecular flexibility index (Phi) is 17.9. The zero-order valence-electron chi connectivity index (χ0n) is 44.1. The van der Waals surface area contributed by atoms with E-state index in [1.807, 2.05) is 0 Å². The minimum absolute atomic E-state index is 0.0109. The van der Waals surface area contributed by atoms with Gasteiger partial charge in [0.1, 0.15) is 54.9 Å². The number of carbonyl (C=O) groups excluding carboxylic acids is 2. The molecule has 0 amide bonds. The summed E-state index contributed by atoms with van der Waals surface area (Å²) >= 11 is 0. The van der Waals surface area contributed by atoms with E-state index in [-0.39, 0.29) is 60.7 Å². The number of hydrogen-bond donors (Lipinski definition) is 9. The number of carbonyl (C=O) groups is 2. The molecule has 4 heterocycles. The molecule has 4 saturated heterocycles. The van der Waals surface area contributed by atoms with Gasteiger partial charge in [-0.3, -0.25) is 4.79 Å². The van der Waals surface area contributed by atoms with E-state index >= 15 is 0 Å². The van der Waals surface area contributed by atoms with Crippen molar-refractivity contribution in [2.24, 2.45) is 46.3 Å². The average Bonchev–Trinajstić information content (AvgIpc) is 3.83. The van der Waals surface area contributed by atoms with Crippen LogP contribution in [0, 0.1) is 46.3 Å². The van der Waals surface area contributed by atoms with Crippen LogP contribution in [0.5, 0.6) is 0 Å². The van der Waals surface area contributed by atoms with E-state index in [2.05, 4.69) is 33.4 Å². The van der Waals surface area contributed by atoms with Crippen LogP contribution in [0.2, 0.25) is 0 Å². The van der Waals surface area contributed by atoms with Crippen molar-refractivity contribution >= 4 is 11.9 Å². The molecule has 0 aromatic rings. The first-order valence-corrected chi connectivity index (χ1v) is 26.8. The van der Waals surface area contributed by atoms with E-state index in [1.54, 1.807) is 21.0 Å². The topological polar surface area (TPSA) is 309 Å². The minimum atomic E-state index is -1.76. The first kappa shape index (κ1) is 57.9. The van der Waals surface area contributed by atoms with Crippen LogP contribution in [-0.4, -0.2) is 201 Å². The molecule has 0 radical (unpaired) electrons. The van der Waals surface area contributed by atoms with Gasteiger partial charge in [0.15, 0.2) is 30.6 Å². The molecule has 27 atom stereocenters. The normalized spacial score (nSPS) is 48.8. The van der Waals surface area contributed by atoms with Gasteiger partial charge in [-0.25, -0.2) is 4.79 Å². The van der Waals surface area contributed by atoms with E-state index in [0.717, 1.165) is 38.2 Å². The maximum atomic E-state index is 13.3. The molecule has 422 valence electrons. The average molecular weight is 1060 g/mol. The van der Waals surface area contributed by atoms with Crippen molar-refractivity contribution in [3.63, 3.8) is 0 Å². The summed E-state index contributed by atoms with van der Waals surface area (Å²) in [5.74, 6) is -2.46. The van der Waals surface area contributed by atoms with E-state index in [9.17, 15) is 55.5 Å². The number of hydrogen-bond acceptors (Lipinski definition) is 21. The summed E-state index contributed by atoms with van der Waals surface area (Å²) in [4.78, 5) is 26.1. The third-order valence-corrected chi connectivity index (χ3v) is 19.1. The van der Waals surface area contributed by atoms with Crippen molar-refractivity contribution in [3.8, 4) is 0 Å². The van der Waals surface area contributed by atoms with E-state index < -0.39 is 140 Å². The lowest BCUT2D eigenvalue weighted by atomic mass is 9.46. The molecular weight excluding hydrogens is 973 g/mol. The highest BCUT2D eigenvalue weighted by atomic mass is 16.8. The van der Waals surface area contributed by atoms with Crippen molar-refractivity contribution in [2.45, 2.75) is 222 Å². The first-order chi connectivity index (χ1) is 34.9. The zero-order chi connectivity index (χ0) is 53.9. The van der Waals surface area contributed by atoms with Gasteiger partial charge in [-0.1, -0.05) is 64.8 Å². The number of aliphatic hydroxyl groups excluding tert-OH is 9. The fraction of sp³-hybridized carbons (Fsp3) is 0.887. The lowest BCUT2D eigenvalue weighted by Crippen LogP contribution is -2.64. The molecule has 4 aliphatic carbocycles. The van der Waals surface area contributed by atoms with Crippen LogP contribution in [0.3, 0.4) is 0 Å². The van der Waals surface area contributed by atoms with Gasteiger partial charge in [0.25, 0.3) is 0 Å². The van der Waals surface area contributed by atoms with Gasteiger partial charge >= 0.3 is 11.9 Å². The third-order valence-electron chi connectivity index (χ3n) is 19.1. The molecule has 0 bridgehead atoms. The van der Waals surface area contributed by atoms with Crippen molar-refractivity contribution in [1.82, 2.24) is 0 Å². The second kappa shape index (κ2) is 22.8. The first-order valence-electron chi connectivity index (χ1n) is 26.8. The lowest BCUT2D eigenvalue weighted by Gasteiger charge is -2.60. The van der Waals surface area contributed by atoms with Gasteiger partial charge in [-0.05, 0) is 80.5 Å². The summed E-state index contributed by atoms with van der Waals surface area (Å²) in [6.45, 7) is 16.3. The van der Waals surface area contributed by atoms with Crippen LogP contribution < -0.4 is 0 Å². The monoisotopic (exact) mass is 1060 g/mol. The standard InChI is InChI=1S/C53H84O21/c1-10-24(3)38(57)47(64)73-50-46(69-27(6)55)45(72-49-44(63)41(60)39(58)26(5)68-49)35(22-67-50)70-36-18-29(56)17-28-11-12-30-31(52(28,36)8)14-15-51(7)32(30)19-33-37(51)25(4)53(65-9,74-33)16-13-23(2)21-66-48-43(62)42(61)40(59)34(20-54)71-48/h11,24-26,29-46,48-50,54,56-63H,2,10,12-22H2,1,3-9H3/t24-,25?,26-,29+,30?,31?,32?,33?,34+,35+,36+,37?,38-,39-,40+,41+,42-,43+,44+,45?,46+,48?,49-,50+,51-,52-,53?/m0/s1. The molecule has 4 aliphatic heterocycles. The van der Waals surface area contributed by atoms with Crippen LogP contribution in [0.1, 0.15) is 106 Å². The molecule has 9 N–H and O–H groups in total. The zero-order valence-corrected chi connectivity index (χ0v) is 44.1. The highest BCUT2D eigenvalue weighted by molar-refractivity contribution is 5.75. The van der Waals surface area contributed by atoms with Crippen molar-refractivity contribution in [2.75, 3.05) is 26.9 Å². The van der Waals surface area contributed by atoms with Gasteiger partial charge in [0.05, 0.1) is 44.2 Å².